The minimum absolute atomic E-state index is 0.0245. The minimum Gasteiger partial charge on any atom is -0.489 e. The second kappa shape index (κ2) is 6.76. The second-order valence-corrected chi connectivity index (χ2v) is 5.12. The zero-order chi connectivity index (χ0) is 15.4. The number of nitro groups is 1. The first-order valence-corrected chi connectivity index (χ1v) is 6.81. The van der Waals surface area contributed by atoms with Crippen LogP contribution in [0.1, 0.15) is 11.1 Å². The molecule has 0 radical (unpaired) electrons. The molecule has 0 bridgehead atoms. The average Bonchev–Trinajstić information content (AvgIpc) is 2.47. The van der Waals surface area contributed by atoms with E-state index in [9.17, 15) is 10.1 Å². The van der Waals surface area contributed by atoms with Gasteiger partial charge in [-0.15, -0.1) is 0 Å². The van der Waals surface area contributed by atoms with Crippen molar-refractivity contribution in [3.05, 3.63) is 67.7 Å². The fraction of sp³-hybridized carbons (Fsp3) is 0.143. The lowest BCUT2D eigenvalue weighted by atomic mass is 10.1. The molecule has 0 aromatic heterocycles. The van der Waals surface area contributed by atoms with Gasteiger partial charge in [0.2, 0.25) is 0 Å². The van der Waals surface area contributed by atoms with Crippen LogP contribution in [0.2, 0.25) is 10.0 Å². The molecule has 110 valence electrons. The molecule has 0 aliphatic carbocycles. The van der Waals surface area contributed by atoms with Gasteiger partial charge in [-0.1, -0.05) is 23.2 Å². The molecule has 2 aromatic carbocycles. The number of benzene rings is 2. The van der Waals surface area contributed by atoms with E-state index in [-0.39, 0.29) is 18.8 Å². The van der Waals surface area contributed by atoms with Gasteiger partial charge in [0.15, 0.2) is 0 Å². The van der Waals surface area contributed by atoms with Crippen molar-refractivity contribution >= 4 is 28.9 Å². The number of ether oxygens (including phenoxy) is 1. The van der Waals surface area contributed by atoms with E-state index < -0.39 is 4.92 Å². The highest BCUT2D eigenvalue weighted by Crippen LogP contribution is 2.26. The Morgan fingerprint density at radius 1 is 1.14 bits per heavy atom. The van der Waals surface area contributed by atoms with Crippen LogP contribution < -0.4 is 10.5 Å². The normalized spacial score (nSPS) is 10.4. The number of non-ortho nitro benzene ring substituents is 1. The van der Waals surface area contributed by atoms with Gasteiger partial charge in [0.05, 0.1) is 4.92 Å². The van der Waals surface area contributed by atoms with Gasteiger partial charge in [-0.3, -0.25) is 10.1 Å². The third-order valence-electron chi connectivity index (χ3n) is 2.87. The van der Waals surface area contributed by atoms with Crippen molar-refractivity contribution in [3.8, 4) is 5.75 Å². The van der Waals surface area contributed by atoms with Crippen LogP contribution in [0.3, 0.4) is 0 Å². The molecule has 21 heavy (non-hydrogen) atoms. The monoisotopic (exact) mass is 326 g/mol. The molecule has 0 aliphatic rings. The molecule has 2 rings (SSSR count). The molecule has 0 fully saturated rings. The number of hydrogen-bond acceptors (Lipinski definition) is 4. The van der Waals surface area contributed by atoms with Crippen LogP contribution in [0.5, 0.6) is 5.75 Å². The Kier molecular flexibility index (Phi) is 5.01. The van der Waals surface area contributed by atoms with Crippen LogP contribution in [0.15, 0.2) is 36.4 Å². The highest BCUT2D eigenvalue weighted by atomic mass is 35.5. The standard InChI is InChI=1S/C14H12Cl2N2O3/c15-11-1-3-13(16)10(5-11)8-21-14-4-2-12(18(19)20)6-9(14)7-17/h1-6H,7-8,17H2. The topological polar surface area (TPSA) is 78.4 Å². The van der Waals surface area contributed by atoms with Crippen molar-refractivity contribution in [1.29, 1.82) is 0 Å². The lowest BCUT2D eigenvalue weighted by Gasteiger charge is -2.11. The molecule has 0 aliphatic heterocycles. The maximum atomic E-state index is 10.7. The van der Waals surface area contributed by atoms with Gasteiger partial charge in [0.25, 0.3) is 5.69 Å². The van der Waals surface area contributed by atoms with E-state index in [1.54, 1.807) is 18.2 Å². The number of rotatable bonds is 5. The maximum Gasteiger partial charge on any atom is 0.270 e. The summed E-state index contributed by atoms with van der Waals surface area (Å²) in [5.41, 5.74) is 6.85. The van der Waals surface area contributed by atoms with Crippen LogP contribution in [0.25, 0.3) is 0 Å². The molecule has 7 heteroatoms. The van der Waals surface area contributed by atoms with Crippen LogP contribution in [0.4, 0.5) is 5.69 Å². The molecule has 5 nitrogen and oxygen atoms in total. The zero-order valence-corrected chi connectivity index (χ0v) is 12.4. The summed E-state index contributed by atoms with van der Waals surface area (Å²) in [6, 6.07) is 9.37. The zero-order valence-electron chi connectivity index (χ0n) is 10.9. The second-order valence-electron chi connectivity index (χ2n) is 4.28. The molecule has 0 spiro atoms. The summed E-state index contributed by atoms with van der Waals surface area (Å²) in [7, 11) is 0. The van der Waals surface area contributed by atoms with E-state index in [0.29, 0.717) is 21.4 Å². The van der Waals surface area contributed by atoms with Crippen molar-refractivity contribution in [2.75, 3.05) is 0 Å². The molecule has 0 unspecified atom stereocenters. The van der Waals surface area contributed by atoms with Crippen LogP contribution in [-0.2, 0) is 13.2 Å². The smallest absolute Gasteiger partial charge is 0.270 e. The SMILES string of the molecule is NCc1cc([N+](=O)[O-])ccc1OCc1cc(Cl)ccc1Cl. The van der Waals surface area contributed by atoms with E-state index in [1.807, 2.05) is 0 Å². The summed E-state index contributed by atoms with van der Waals surface area (Å²) in [6.07, 6.45) is 0. The molecular weight excluding hydrogens is 315 g/mol. The molecule has 2 aromatic rings. The summed E-state index contributed by atoms with van der Waals surface area (Å²) in [5, 5.41) is 11.8. The maximum absolute atomic E-state index is 10.7. The summed E-state index contributed by atoms with van der Waals surface area (Å²) in [5.74, 6) is 0.485. The van der Waals surface area contributed by atoms with Gasteiger partial charge in [0, 0.05) is 39.8 Å². The fourth-order valence-electron chi connectivity index (χ4n) is 1.79. The summed E-state index contributed by atoms with van der Waals surface area (Å²) < 4.78 is 5.64. The predicted molar refractivity (Wildman–Crippen MR) is 81.8 cm³/mol. The first kappa shape index (κ1) is 15.6. The van der Waals surface area contributed by atoms with E-state index in [0.717, 1.165) is 5.56 Å². The van der Waals surface area contributed by atoms with Crippen molar-refractivity contribution in [3.63, 3.8) is 0 Å². The Balaban J connectivity index is 2.19. The molecule has 0 amide bonds. The molecule has 0 saturated carbocycles. The van der Waals surface area contributed by atoms with Crippen molar-refractivity contribution in [2.45, 2.75) is 13.2 Å². The number of nitrogens with two attached hydrogens (primary N) is 1. The summed E-state index contributed by atoms with van der Waals surface area (Å²) in [6.45, 7) is 0.338. The minimum atomic E-state index is -0.475. The Bertz CT molecular complexity index is 677. The van der Waals surface area contributed by atoms with Crippen LogP contribution in [-0.4, -0.2) is 4.92 Å². The third-order valence-corrected chi connectivity index (χ3v) is 3.47. The molecule has 0 saturated heterocycles. The van der Waals surface area contributed by atoms with E-state index in [2.05, 4.69) is 0 Å². The van der Waals surface area contributed by atoms with Gasteiger partial charge in [-0.05, 0) is 24.3 Å². The van der Waals surface area contributed by atoms with Crippen molar-refractivity contribution in [1.82, 2.24) is 0 Å². The Morgan fingerprint density at radius 2 is 1.90 bits per heavy atom. The fourth-order valence-corrected chi connectivity index (χ4v) is 2.16. The van der Waals surface area contributed by atoms with Crippen molar-refractivity contribution < 1.29 is 9.66 Å². The number of nitrogens with zero attached hydrogens (tertiary/aromatic N) is 1. The van der Waals surface area contributed by atoms with Gasteiger partial charge in [-0.2, -0.15) is 0 Å². The Morgan fingerprint density at radius 3 is 2.57 bits per heavy atom. The Hall–Kier alpha value is -1.82. The molecule has 0 atom stereocenters. The highest BCUT2D eigenvalue weighted by Gasteiger charge is 2.11. The molecule has 0 heterocycles. The average molecular weight is 327 g/mol. The lowest BCUT2D eigenvalue weighted by molar-refractivity contribution is -0.384. The molecule has 2 N–H and O–H groups in total. The quantitative estimate of drug-likeness (QED) is 0.666. The Labute approximate surface area is 131 Å². The van der Waals surface area contributed by atoms with Gasteiger partial charge >= 0.3 is 0 Å². The predicted octanol–water partition coefficient (Wildman–Crippen LogP) is 3.94. The molecular formula is C14H12Cl2N2O3. The lowest BCUT2D eigenvalue weighted by Crippen LogP contribution is -2.04. The van der Waals surface area contributed by atoms with E-state index >= 15 is 0 Å². The number of hydrogen-bond donors (Lipinski definition) is 1. The van der Waals surface area contributed by atoms with E-state index in [1.165, 1.54) is 18.2 Å². The van der Waals surface area contributed by atoms with Crippen molar-refractivity contribution in [2.24, 2.45) is 5.73 Å². The number of halogens is 2. The third kappa shape index (κ3) is 3.85. The first-order valence-electron chi connectivity index (χ1n) is 6.05. The van der Waals surface area contributed by atoms with Gasteiger partial charge < -0.3 is 10.5 Å². The van der Waals surface area contributed by atoms with Gasteiger partial charge in [-0.25, -0.2) is 0 Å². The van der Waals surface area contributed by atoms with E-state index in [4.69, 9.17) is 33.7 Å². The van der Waals surface area contributed by atoms with Crippen LogP contribution in [0, 0.1) is 10.1 Å². The largest absolute Gasteiger partial charge is 0.489 e. The summed E-state index contributed by atoms with van der Waals surface area (Å²) in [4.78, 5) is 10.3. The highest BCUT2D eigenvalue weighted by molar-refractivity contribution is 6.33. The number of nitro benzene ring substituents is 1. The summed E-state index contributed by atoms with van der Waals surface area (Å²) >= 11 is 12.0. The first-order chi connectivity index (χ1) is 10.0. The van der Waals surface area contributed by atoms with Crippen LogP contribution >= 0.6 is 23.2 Å². The van der Waals surface area contributed by atoms with Gasteiger partial charge in [0.1, 0.15) is 12.4 Å².